The van der Waals surface area contributed by atoms with Crippen LogP contribution in [0.2, 0.25) is 0 Å². The van der Waals surface area contributed by atoms with E-state index in [-0.39, 0.29) is 17.3 Å². The second-order valence-corrected chi connectivity index (χ2v) is 6.83. The van der Waals surface area contributed by atoms with E-state index in [0.29, 0.717) is 6.42 Å². The number of aliphatic hydroxyl groups is 1. The summed E-state index contributed by atoms with van der Waals surface area (Å²) in [6.07, 6.45) is 7.71. The lowest BCUT2D eigenvalue weighted by Gasteiger charge is -2.33. The van der Waals surface area contributed by atoms with Gasteiger partial charge in [-0.2, -0.15) is 0 Å². The normalized spacial score (nSPS) is 21.4. The molecule has 0 amide bonds. The molecule has 0 saturated heterocycles. The molecule has 0 radical (unpaired) electrons. The van der Waals surface area contributed by atoms with Gasteiger partial charge in [0.1, 0.15) is 5.82 Å². The average Bonchev–Trinajstić information content (AvgIpc) is 3.11. The van der Waals surface area contributed by atoms with Gasteiger partial charge in [-0.25, -0.2) is 4.39 Å². The summed E-state index contributed by atoms with van der Waals surface area (Å²) in [6, 6.07) is 16.4. The maximum absolute atomic E-state index is 13.0. The van der Waals surface area contributed by atoms with Crippen LogP contribution < -0.4 is 0 Å². The molecule has 3 unspecified atom stereocenters. The number of halogens is 1. The fraction of sp³-hybridized carbons (Fsp3) is 0.318. The Bertz CT molecular complexity index is 724. The highest BCUT2D eigenvalue weighted by atomic mass is 19.1. The predicted octanol–water partition coefficient (Wildman–Crippen LogP) is 4.90. The molecular weight excluding hydrogens is 313 g/mol. The van der Waals surface area contributed by atoms with Crippen LogP contribution >= 0.6 is 0 Å². The van der Waals surface area contributed by atoms with Crippen molar-refractivity contribution in [3.8, 4) is 0 Å². The molecular formula is C22H24FNO. The fourth-order valence-corrected chi connectivity index (χ4v) is 3.43. The van der Waals surface area contributed by atoms with Gasteiger partial charge >= 0.3 is 0 Å². The lowest BCUT2D eigenvalue weighted by molar-refractivity contribution is 0.128. The van der Waals surface area contributed by atoms with E-state index in [4.69, 9.17) is 4.99 Å². The summed E-state index contributed by atoms with van der Waals surface area (Å²) < 4.78 is 13.0. The third-order valence-corrected chi connectivity index (χ3v) is 5.12. The lowest BCUT2D eigenvalue weighted by Crippen LogP contribution is -2.33. The number of aliphatic hydroxyl groups excluding tert-OH is 1. The van der Waals surface area contributed by atoms with E-state index in [0.717, 1.165) is 24.0 Å². The minimum atomic E-state index is -0.547. The molecule has 2 aromatic rings. The minimum absolute atomic E-state index is 0.206. The molecule has 3 heteroatoms. The molecule has 1 aliphatic heterocycles. The molecule has 1 aliphatic rings. The van der Waals surface area contributed by atoms with Gasteiger partial charge in [-0.05, 0) is 48.1 Å². The van der Waals surface area contributed by atoms with Crippen LogP contribution in [0.25, 0.3) is 0 Å². The van der Waals surface area contributed by atoms with Gasteiger partial charge in [0.2, 0.25) is 0 Å². The van der Waals surface area contributed by atoms with Gasteiger partial charge in [-0.1, -0.05) is 55.5 Å². The first-order valence-corrected chi connectivity index (χ1v) is 8.79. The topological polar surface area (TPSA) is 32.6 Å². The van der Waals surface area contributed by atoms with Gasteiger partial charge in [0.25, 0.3) is 0 Å². The molecule has 25 heavy (non-hydrogen) atoms. The molecule has 0 bridgehead atoms. The number of hydrogen-bond acceptors (Lipinski definition) is 2. The van der Waals surface area contributed by atoms with E-state index in [9.17, 15) is 9.50 Å². The minimum Gasteiger partial charge on any atom is -0.388 e. The van der Waals surface area contributed by atoms with Crippen LogP contribution in [-0.4, -0.2) is 16.9 Å². The van der Waals surface area contributed by atoms with Crippen molar-refractivity contribution in [1.29, 1.82) is 0 Å². The second kappa shape index (κ2) is 7.75. The highest BCUT2D eigenvalue weighted by Crippen LogP contribution is 2.38. The Kier molecular flexibility index (Phi) is 5.44. The zero-order valence-electron chi connectivity index (χ0n) is 14.5. The molecule has 1 N–H and O–H groups in total. The Balaban J connectivity index is 1.68. The van der Waals surface area contributed by atoms with Crippen molar-refractivity contribution in [1.82, 2.24) is 0 Å². The first-order valence-electron chi connectivity index (χ1n) is 8.79. The van der Waals surface area contributed by atoms with Gasteiger partial charge in [0.15, 0.2) is 0 Å². The van der Waals surface area contributed by atoms with E-state index < -0.39 is 6.10 Å². The van der Waals surface area contributed by atoms with Gasteiger partial charge in [-0.3, -0.25) is 4.99 Å². The van der Waals surface area contributed by atoms with Crippen LogP contribution in [0.3, 0.4) is 0 Å². The molecule has 2 aromatic carbocycles. The standard InChI is InChI=1S/C22H24FNO/c1-17(8-9-18-10-12-20(23)13-11-18)22(14-5-15-24-22)16-21(25)19-6-3-2-4-7-19/h2-7,10-15,17,21,25H,8-9,16H2,1H3. The van der Waals surface area contributed by atoms with Crippen LogP contribution in [0, 0.1) is 11.7 Å². The van der Waals surface area contributed by atoms with Crippen LogP contribution in [0.4, 0.5) is 4.39 Å². The van der Waals surface area contributed by atoms with Gasteiger partial charge in [-0.15, -0.1) is 0 Å². The van der Waals surface area contributed by atoms with E-state index in [1.54, 1.807) is 0 Å². The van der Waals surface area contributed by atoms with E-state index in [1.807, 2.05) is 54.8 Å². The van der Waals surface area contributed by atoms with Crippen LogP contribution in [0.1, 0.15) is 37.0 Å². The quantitative estimate of drug-likeness (QED) is 0.766. The number of nitrogens with zero attached hydrogens (tertiary/aromatic N) is 1. The van der Waals surface area contributed by atoms with Crippen LogP contribution in [0.5, 0.6) is 0 Å². The zero-order chi connectivity index (χ0) is 17.7. The van der Waals surface area contributed by atoms with Crippen LogP contribution in [0.15, 0.2) is 71.7 Å². The van der Waals surface area contributed by atoms with Crippen molar-refractivity contribution in [2.24, 2.45) is 10.9 Å². The Morgan fingerprint density at radius 1 is 1.08 bits per heavy atom. The average molecular weight is 337 g/mol. The SMILES string of the molecule is CC(CCc1ccc(F)cc1)C1(CC(O)c2ccccc2)C=CC=N1. The highest BCUT2D eigenvalue weighted by molar-refractivity contribution is 5.75. The Morgan fingerprint density at radius 2 is 1.80 bits per heavy atom. The summed E-state index contributed by atoms with van der Waals surface area (Å²) in [5.74, 6) is 0.0634. The second-order valence-electron chi connectivity index (χ2n) is 6.83. The highest BCUT2D eigenvalue weighted by Gasteiger charge is 2.36. The third kappa shape index (κ3) is 4.23. The molecule has 0 aromatic heterocycles. The number of aliphatic imine (C=N–C) groups is 1. The van der Waals surface area contributed by atoms with Crippen molar-refractivity contribution in [3.05, 3.63) is 83.7 Å². The molecule has 0 spiro atoms. The maximum Gasteiger partial charge on any atom is 0.123 e. The monoisotopic (exact) mass is 337 g/mol. The smallest absolute Gasteiger partial charge is 0.123 e. The van der Waals surface area contributed by atoms with E-state index in [1.165, 1.54) is 12.1 Å². The van der Waals surface area contributed by atoms with Gasteiger partial charge in [0.05, 0.1) is 11.6 Å². The zero-order valence-corrected chi connectivity index (χ0v) is 14.5. The summed E-state index contributed by atoms with van der Waals surface area (Å²) >= 11 is 0. The van der Waals surface area contributed by atoms with E-state index >= 15 is 0 Å². The number of aryl methyl sites for hydroxylation is 1. The van der Waals surface area contributed by atoms with Gasteiger partial charge in [0, 0.05) is 12.6 Å². The summed E-state index contributed by atoms with van der Waals surface area (Å²) in [6.45, 7) is 2.17. The summed E-state index contributed by atoms with van der Waals surface area (Å²) in [4.78, 5) is 4.70. The predicted molar refractivity (Wildman–Crippen MR) is 100 cm³/mol. The van der Waals surface area contributed by atoms with Crippen molar-refractivity contribution < 1.29 is 9.50 Å². The Morgan fingerprint density at radius 3 is 2.44 bits per heavy atom. The van der Waals surface area contributed by atoms with Crippen molar-refractivity contribution >= 4 is 6.21 Å². The van der Waals surface area contributed by atoms with Gasteiger partial charge < -0.3 is 5.11 Å². The largest absolute Gasteiger partial charge is 0.388 e. The maximum atomic E-state index is 13.0. The van der Waals surface area contributed by atoms with Crippen molar-refractivity contribution in [3.63, 3.8) is 0 Å². The lowest BCUT2D eigenvalue weighted by atomic mass is 9.77. The first-order chi connectivity index (χ1) is 12.1. The first kappa shape index (κ1) is 17.6. The van der Waals surface area contributed by atoms with Crippen molar-refractivity contribution in [2.75, 3.05) is 0 Å². The summed E-state index contributed by atoms with van der Waals surface area (Å²) in [5.41, 5.74) is 1.66. The van der Waals surface area contributed by atoms with Crippen LogP contribution in [-0.2, 0) is 6.42 Å². The molecule has 3 atom stereocenters. The number of benzene rings is 2. The molecule has 0 fully saturated rings. The summed E-state index contributed by atoms with van der Waals surface area (Å²) in [5, 5.41) is 10.7. The Hall–Kier alpha value is -2.26. The number of allylic oxidation sites excluding steroid dienone is 1. The third-order valence-electron chi connectivity index (χ3n) is 5.12. The molecule has 3 rings (SSSR count). The van der Waals surface area contributed by atoms with Crippen molar-refractivity contribution in [2.45, 2.75) is 37.8 Å². The Labute approximate surface area is 148 Å². The number of hydrogen-bond donors (Lipinski definition) is 1. The fourth-order valence-electron chi connectivity index (χ4n) is 3.43. The summed E-state index contributed by atoms with van der Waals surface area (Å²) in [7, 11) is 0. The molecule has 130 valence electrons. The molecule has 0 aliphatic carbocycles. The van der Waals surface area contributed by atoms with E-state index in [2.05, 4.69) is 13.0 Å². The molecule has 2 nitrogen and oxygen atoms in total. The molecule has 0 saturated carbocycles. The number of rotatable bonds is 7. The molecule has 1 heterocycles.